The molecule has 1 aliphatic carbocycles. The Bertz CT molecular complexity index is 677. The maximum Gasteiger partial charge on any atom is 0.255 e. The molecule has 3 N–H and O–H groups in total. The lowest BCUT2D eigenvalue weighted by Gasteiger charge is -2.09. The topological polar surface area (TPSA) is 55.1 Å². The minimum atomic E-state index is -0.0806. The van der Waals surface area contributed by atoms with Gasteiger partial charge in [0.2, 0.25) is 0 Å². The molecule has 1 amide bonds. The minimum absolute atomic E-state index is 0.0806. The number of carbonyl (C=O) groups excluding carboxylic acids is 1. The monoisotopic (exact) mass is 266 g/mol. The number of nitrogens with one attached hydrogen (secondary N) is 1. The molecular weight excluding hydrogens is 248 g/mol. The summed E-state index contributed by atoms with van der Waals surface area (Å²) in [6, 6.07) is 11.6. The van der Waals surface area contributed by atoms with Crippen molar-refractivity contribution >= 4 is 17.3 Å². The van der Waals surface area contributed by atoms with Gasteiger partial charge in [0.1, 0.15) is 0 Å². The largest absolute Gasteiger partial charge is 0.398 e. The van der Waals surface area contributed by atoms with E-state index in [-0.39, 0.29) is 5.91 Å². The van der Waals surface area contributed by atoms with Gasteiger partial charge in [-0.1, -0.05) is 12.1 Å². The molecule has 0 bridgehead atoms. The third-order valence-corrected chi connectivity index (χ3v) is 3.90. The third-order valence-electron chi connectivity index (χ3n) is 3.90. The first kappa shape index (κ1) is 12.7. The Balaban J connectivity index is 1.80. The van der Waals surface area contributed by atoms with E-state index in [1.807, 2.05) is 31.2 Å². The predicted octanol–water partition coefficient (Wildman–Crippen LogP) is 3.32. The number of fused-ring (bicyclic) bond motifs is 1. The van der Waals surface area contributed by atoms with Crippen LogP contribution in [0.5, 0.6) is 0 Å². The van der Waals surface area contributed by atoms with Crippen molar-refractivity contribution in [1.82, 2.24) is 0 Å². The quantitative estimate of drug-likeness (QED) is 0.819. The van der Waals surface area contributed by atoms with Gasteiger partial charge in [0.05, 0.1) is 0 Å². The number of nitrogen functional groups attached to an aromatic ring is 1. The lowest BCUT2D eigenvalue weighted by molar-refractivity contribution is 0.102. The average Bonchev–Trinajstić information content (AvgIpc) is 2.90. The molecule has 1 aliphatic rings. The van der Waals surface area contributed by atoms with E-state index >= 15 is 0 Å². The van der Waals surface area contributed by atoms with E-state index in [0.717, 1.165) is 24.1 Å². The molecule has 0 aliphatic heterocycles. The molecule has 3 rings (SSSR count). The highest BCUT2D eigenvalue weighted by molar-refractivity contribution is 6.04. The van der Waals surface area contributed by atoms with Crippen molar-refractivity contribution in [2.24, 2.45) is 0 Å². The number of carbonyl (C=O) groups is 1. The molecule has 3 heteroatoms. The normalized spacial score (nSPS) is 13.1. The summed E-state index contributed by atoms with van der Waals surface area (Å²) in [6.45, 7) is 1.95. The Kier molecular flexibility index (Phi) is 3.18. The van der Waals surface area contributed by atoms with Crippen molar-refractivity contribution in [2.75, 3.05) is 11.1 Å². The van der Waals surface area contributed by atoms with Gasteiger partial charge in [0, 0.05) is 16.9 Å². The van der Waals surface area contributed by atoms with E-state index in [4.69, 9.17) is 5.73 Å². The minimum Gasteiger partial charge on any atom is -0.398 e. The van der Waals surface area contributed by atoms with Gasteiger partial charge < -0.3 is 11.1 Å². The van der Waals surface area contributed by atoms with Gasteiger partial charge in [-0.15, -0.1) is 0 Å². The van der Waals surface area contributed by atoms with Crippen molar-refractivity contribution < 1.29 is 4.79 Å². The fourth-order valence-electron chi connectivity index (χ4n) is 2.63. The molecule has 0 radical (unpaired) electrons. The van der Waals surface area contributed by atoms with E-state index in [2.05, 4.69) is 11.4 Å². The molecule has 0 saturated heterocycles. The van der Waals surface area contributed by atoms with E-state index in [9.17, 15) is 4.79 Å². The number of benzene rings is 2. The van der Waals surface area contributed by atoms with Crippen molar-refractivity contribution in [3.63, 3.8) is 0 Å². The molecule has 2 aromatic carbocycles. The van der Waals surface area contributed by atoms with Crippen molar-refractivity contribution in [2.45, 2.75) is 26.2 Å². The number of anilines is 2. The summed E-state index contributed by atoms with van der Waals surface area (Å²) in [5, 5.41) is 2.90. The number of hydrogen-bond acceptors (Lipinski definition) is 2. The SMILES string of the molecule is Cc1ccc(NC(=O)c2ccc3c(c2)CCC3)cc1N. The second kappa shape index (κ2) is 5.00. The van der Waals surface area contributed by atoms with Crippen LogP contribution in [0.15, 0.2) is 36.4 Å². The van der Waals surface area contributed by atoms with Gasteiger partial charge in [0.25, 0.3) is 5.91 Å². The van der Waals surface area contributed by atoms with Gasteiger partial charge in [-0.25, -0.2) is 0 Å². The van der Waals surface area contributed by atoms with E-state index < -0.39 is 0 Å². The summed E-state index contributed by atoms with van der Waals surface area (Å²) in [4.78, 5) is 12.3. The van der Waals surface area contributed by atoms with Crippen LogP contribution < -0.4 is 11.1 Å². The number of aryl methyl sites for hydroxylation is 3. The number of rotatable bonds is 2. The molecule has 102 valence electrons. The Morgan fingerprint density at radius 3 is 2.70 bits per heavy atom. The number of amides is 1. The fraction of sp³-hybridized carbons (Fsp3) is 0.235. The fourth-order valence-corrected chi connectivity index (χ4v) is 2.63. The number of nitrogens with two attached hydrogens (primary N) is 1. The Morgan fingerprint density at radius 2 is 1.90 bits per heavy atom. The molecule has 0 fully saturated rings. The second-order valence-electron chi connectivity index (χ2n) is 5.36. The molecule has 0 aromatic heterocycles. The summed E-state index contributed by atoms with van der Waals surface area (Å²) >= 11 is 0. The van der Waals surface area contributed by atoms with Crippen LogP contribution in [0.25, 0.3) is 0 Å². The molecule has 0 atom stereocenters. The van der Waals surface area contributed by atoms with Crippen LogP contribution in [0.3, 0.4) is 0 Å². The average molecular weight is 266 g/mol. The van der Waals surface area contributed by atoms with Crippen molar-refractivity contribution in [3.8, 4) is 0 Å². The van der Waals surface area contributed by atoms with Crippen molar-refractivity contribution in [3.05, 3.63) is 58.7 Å². The summed E-state index contributed by atoms with van der Waals surface area (Å²) < 4.78 is 0. The highest BCUT2D eigenvalue weighted by Gasteiger charge is 2.14. The third kappa shape index (κ3) is 2.39. The van der Waals surface area contributed by atoms with Gasteiger partial charge >= 0.3 is 0 Å². The maximum atomic E-state index is 12.3. The molecule has 0 saturated carbocycles. The van der Waals surface area contributed by atoms with Crippen LogP contribution in [-0.4, -0.2) is 5.91 Å². The Labute approximate surface area is 118 Å². The molecule has 0 unspecified atom stereocenters. The lowest BCUT2D eigenvalue weighted by Crippen LogP contribution is -2.12. The second-order valence-corrected chi connectivity index (χ2v) is 5.36. The molecular formula is C17H18N2O. The van der Waals surface area contributed by atoms with Crippen LogP contribution in [0.4, 0.5) is 11.4 Å². The predicted molar refractivity (Wildman–Crippen MR) is 82.0 cm³/mol. The lowest BCUT2D eigenvalue weighted by atomic mass is 10.1. The van der Waals surface area contributed by atoms with Crippen LogP contribution in [0.2, 0.25) is 0 Å². The standard InChI is InChI=1S/C17H18N2O/c1-11-5-8-15(10-16(11)18)19-17(20)14-7-6-12-3-2-4-13(12)9-14/h5-10H,2-4,18H2,1H3,(H,19,20). The van der Waals surface area contributed by atoms with Crippen LogP contribution in [0, 0.1) is 6.92 Å². The Hall–Kier alpha value is -2.29. The number of hydrogen-bond donors (Lipinski definition) is 2. The molecule has 0 spiro atoms. The zero-order chi connectivity index (χ0) is 14.1. The maximum absolute atomic E-state index is 12.3. The zero-order valence-electron chi connectivity index (χ0n) is 11.6. The highest BCUT2D eigenvalue weighted by atomic mass is 16.1. The zero-order valence-corrected chi connectivity index (χ0v) is 11.6. The van der Waals surface area contributed by atoms with Crippen molar-refractivity contribution in [1.29, 1.82) is 0 Å². The van der Waals surface area contributed by atoms with Gasteiger partial charge in [-0.2, -0.15) is 0 Å². The highest BCUT2D eigenvalue weighted by Crippen LogP contribution is 2.23. The van der Waals surface area contributed by atoms with Gasteiger partial charge in [-0.05, 0) is 67.1 Å². The molecule has 20 heavy (non-hydrogen) atoms. The van der Waals surface area contributed by atoms with Crippen LogP contribution >= 0.6 is 0 Å². The molecule has 3 nitrogen and oxygen atoms in total. The molecule has 2 aromatic rings. The summed E-state index contributed by atoms with van der Waals surface area (Å²) in [5.74, 6) is -0.0806. The summed E-state index contributed by atoms with van der Waals surface area (Å²) in [7, 11) is 0. The van der Waals surface area contributed by atoms with E-state index in [1.165, 1.54) is 17.5 Å². The van der Waals surface area contributed by atoms with Gasteiger partial charge in [0.15, 0.2) is 0 Å². The Morgan fingerprint density at radius 1 is 1.10 bits per heavy atom. The van der Waals surface area contributed by atoms with E-state index in [0.29, 0.717) is 11.3 Å². The first-order valence-electron chi connectivity index (χ1n) is 6.93. The smallest absolute Gasteiger partial charge is 0.255 e. The summed E-state index contributed by atoms with van der Waals surface area (Å²) in [5.41, 5.74) is 11.7. The van der Waals surface area contributed by atoms with E-state index in [1.54, 1.807) is 6.07 Å². The molecule has 0 heterocycles. The van der Waals surface area contributed by atoms with Crippen LogP contribution in [-0.2, 0) is 12.8 Å². The van der Waals surface area contributed by atoms with Gasteiger partial charge in [-0.3, -0.25) is 4.79 Å². The summed E-state index contributed by atoms with van der Waals surface area (Å²) in [6.07, 6.45) is 3.40. The van der Waals surface area contributed by atoms with Crippen LogP contribution in [0.1, 0.15) is 33.5 Å². The first-order chi connectivity index (χ1) is 9.63. The first-order valence-corrected chi connectivity index (χ1v) is 6.93.